The number of benzene rings is 3. The third-order valence-corrected chi connectivity index (χ3v) is 7.45. The van der Waals surface area contributed by atoms with E-state index in [0.29, 0.717) is 10.1 Å². The molecule has 4 nitrogen and oxygen atoms in total. The van der Waals surface area contributed by atoms with Crippen LogP contribution in [0.3, 0.4) is 0 Å². The van der Waals surface area contributed by atoms with Crippen LogP contribution < -0.4 is 0 Å². The van der Waals surface area contributed by atoms with Crippen LogP contribution in [-0.2, 0) is 4.79 Å². The molecule has 156 valence electrons. The number of carbonyl (C=O) groups excluding carboxylic acids is 1. The largest absolute Gasteiger partial charge is 0.506 e. The van der Waals surface area contributed by atoms with Gasteiger partial charge in [-0.2, -0.15) is 0 Å². The standard InChI is InChI=1S/C24H18I2N2O2S/c1-15(17-8-4-2-5-9-17)28-23(30)21(14-16-12-19(25)22(29)20(26)13-16)31-24(28)27-18-10-6-3-7-11-18/h2-15,29H,1H3/b21-14+,27-24?/t15-/m1/s1. The molecule has 1 fully saturated rings. The maximum atomic E-state index is 13.5. The Hall–Kier alpha value is -1.85. The molecule has 0 aliphatic carbocycles. The van der Waals surface area contributed by atoms with Gasteiger partial charge in [0.15, 0.2) is 5.17 Å². The van der Waals surface area contributed by atoms with Crippen LogP contribution >= 0.6 is 56.9 Å². The van der Waals surface area contributed by atoms with Crippen molar-refractivity contribution < 1.29 is 9.90 Å². The average Bonchev–Trinajstić information content (AvgIpc) is 3.07. The van der Waals surface area contributed by atoms with E-state index < -0.39 is 0 Å². The molecule has 1 amide bonds. The molecule has 31 heavy (non-hydrogen) atoms. The molecule has 1 aliphatic rings. The molecule has 0 radical (unpaired) electrons. The molecule has 4 rings (SSSR count). The molecular weight excluding hydrogens is 634 g/mol. The predicted octanol–water partition coefficient (Wildman–Crippen LogP) is 6.97. The highest BCUT2D eigenvalue weighted by Gasteiger charge is 2.37. The van der Waals surface area contributed by atoms with Crippen molar-refractivity contribution in [1.82, 2.24) is 4.90 Å². The molecule has 7 heteroatoms. The highest BCUT2D eigenvalue weighted by Crippen LogP contribution is 2.39. The van der Waals surface area contributed by atoms with Crippen molar-refractivity contribution >= 4 is 79.8 Å². The van der Waals surface area contributed by atoms with Crippen molar-refractivity contribution in [3.63, 3.8) is 0 Å². The fraction of sp³-hybridized carbons (Fsp3) is 0.0833. The van der Waals surface area contributed by atoms with Gasteiger partial charge in [0, 0.05) is 0 Å². The number of hydrogen-bond donors (Lipinski definition) is 1. The SMILES string of the molecule is C[C@H](c1ccccc1)N1C(=O)/C(=C\c2cc(I)c(O)c(I)c2)SC1=Nc1ccccc1. The highest BCUT2D eigenvalue weighted by molar-refractivity contribution is 14.1. The summed E-state index contributed by atoms with van der Waals surface area (Å²) in [6.45, 7) is 2.02. The Bertz CT molecular complexity index is 1160. The lowest BCUT2D eigenvalue weighted by Crippen LogP contribution is -2.32. The smallest absolute Gasteiger partial charge is 0.267 e. The summed E-state index contributed by atoms with van der Waals surface area (Å²) in [7, 11) is 0. The Morgan fingerprint density at radius 2 is 1.58 bits per heavy atom. The lowest BCUT2D eigenvalue weighted by molar-refractivity contribution is -0.123. The van der Waals surface area contributed by atoms with Crippen molar-refractivity contribution in [2.75, 3.05) is 0 Å². The molecule has 0 bridgehead atoms. The Balaban J connectivity index is 1.76. The number of amides is 1. The topological polar surface area (TPSA) is 52.9 Å². The van der Waals surface area contributed by atoms with E-state index in [0.717, 1.165) is 24.0 Å². The molecule has 1 aliphatic heterocycles. The molecule has 3 aromatic carbocycles. The zero-order chi connectivity index (χ0) is 22.0. The molecule has 0 spiro atoms. The summed E-state index contributed by atoms with van der Waals surface area (Å²) in [5.41, 5.74) is 2.72. The second kappa shape index (κ2) is 9.74. The zero-order valence-electron chi connectivity index (χ0n) is 16.5. The average molecular weight is 652 g/mol. The zero-order valence-corrected chi connectivity index (χ0v) is 21.6. The van der Waals surface area contributed by atoms with Crippen LogP contribution in [0.5, 0.6) is 5.75 Å². The van der Waals surface area contributed by atoms with Gasteiger partial charge in [-0.15, -0.1) is 0 Å². The van der Waals surface area contributed by atoms with Gasteiger partial charge < -0.3 is 5.11 Å². The maximum absolute atomic E-state index is 13.5. The lowest BCUT2D eigenvalue weighted by atomic mass is 10.1. The number of phenolic OH excluding ortho intramolecular Hbond substituents is 1. The summed E-state index contributed by atoms with van der Waals surface area (Å²) in [4.78, 5) is 20.6. The summed E-state index contributed by atoms with van der Waals surface area (Å²) >= 11 is 5.57. The fourth-order valence-corrected chi connectivity index (χ4v) is 6.10. The van der Waals surface area contributed by atoms with E-state index in [9.17, 15) is 9.90 Å². The third kappa shape index (κ3) is 4.98. The van der Waals surface area contributed by atoms with E-state index in [1.807, 2.05) is 85.8 Å². The normalized spacial score (nSPS) is 17.5. The molecule has 0 unspecified atom stereocenters. The number of carbonyl (C=O) groups is 1. The Labute approximate surface area is 212 Å². The first-order chi connectivity index (χ1) is 14.9. The van der Waals surface area contributed by atoms with Crippen molar-refractivity contribution in [3.8, 4) is 5.75 Å². The first-order valence-corrected chi connectivity index (χ1v) is 12.5. The molecule has 1 N–H and O–H groups in total. The van der Waals surface area contributed by atoms with Gasteiger partial charge in [-0.05, 0) is 105 Å². The minimum atomic E-state index is -0.158. The minimum absolute atomic E-state index is 0.0749. The predicted molar refractivity (Wildman–Crippen MR) is 144 cm³/mol. The molecule has 3 aromatic rings. The summed E-state index contributed by atoms with van der Waals surface area (Å²) in [5, 5.41) is 10.7. The summed E-state index contributed by atoms with van der Waals surface area (Å²) in [6.07, 6.45) is 1.87. The minimum Gasteiger partial charge on any atom is -0.506 e. The van der Waals surface area contributed by atoms with Crippen LogP contribution in [0.15, 0.2) is 82.7 Å². The van der Waals surface area contributed by atoms with E-state index in [-0.39, 0.29) is 17.7 Å². The second-order valence-electron chi connectivity index (χ2n) is 6.94. The van der Waals surface area contributed by atoms with E-state index >= 15 is 0 Å². The number of halogens is 2. The van der Waals surface area contributed by atoms with E-state index in [4.69, 9.17) is 4.99 Å². The van der Waals surface area contributed by atoms with Gasteiger partial charge in [0.1, 0.15) is 5.75 Å². The quantitative estimate of drug-likeness (QED) is 0.245. The van der Waals surface area contributed by atoms with Crippen LogP contribution in [0, 0.1) is 7.14 Å². The molecule has 0 aromatic heterocycles. The van der Waals surface area contributed by atoms with Gasteiger partial charge in [-0.3, -0.25) is 9.69 Å². The van der Waals surface area contributed by atoms with Crippen LogP contribution in [0.4, 0.5) is 5.69 Å². The number of para-hydroxylation sites is 1. The van der Waals surface area contributed by atoms with E-state index in [1.165, 1.54) is 11.8 Å². The number of thioether (sulfide) groups is 1. The summed E-state index contributed by atoms with van der Waals surface area (Å²) < 4.78 is 1.50. The van der Waals surface area contributed by atoms with Crippen molar-refractivity contribution in [2.45, 2.75) is 13.0 Å². The summed E-state index contributed by atoms with van der Waals surface area (Å²) in [5.74, 6) is 0.188. The second-order valence-corrected chi connectivity index (χ2v) is 10.3. The Morgan fingerprint density at radius 1 is 1.00 bits per heavy atom. The molecule has 1 atom stereocenters. The highest BCUT2D eigenvalue weighted by atomic mass is 127. The molecule has 0 saturated carbocycles. The van der Waals surface area contributed by atoms with Crippen LogP contribution in [0.1, 0.15) is 24.1 Å². The summed E-state index contributed by atoms with van der Waals surface area (Å²) in [6, 6.07) is 23.2. The number of nitrogens with zero attached hydrogens (tertiary/aromatic N) is 2. The first-order valence-electron chi connectivity index (χ1n) is 9.54. The Kier molecular flexibility index (Phi) is 7.02. The third-order valence-electron chi connectivity index (χ3n) is 4.82. The number of phenols is 1. The number of aliphatic imine (C=N–C) groups is 1. The van der Waals surface area contributed by atoms with Gasteiger partial charge in [-0.25, -0.2) is 4.99 Å². The molecule has 1 heterocycles. The van der Waals surface area contributed by atoms with E-state index in [1.54, 1.807) is 4.90 Å². The van der Waals surface area contributed by atoms with Gasteiger partial charge >= 0.3 is 0 Å². The maximum Gasteiger partial charge on any atom is 0.267 e. The van der Waals surface area contributed by atoms with E-state index in [2.05, 4.69) is 45.2 Å². The monoisotopic (exact) mass is 652 g/mol. The van der Waals surface area contributed by atoms with Gasteiger partial charge in [0.25, 0.3) is 5.91 Å². The molecular formula is C24H18I2N2O2S. The number of hydrogen-bond acceptors (Lipinski definition) is 4. The van der Waals surface area contributed by atoms with Crippen molar-refractivity contribution in [1.29, 1.82) is 0 Å². The van der Waals surface area contributed by atoms with Crippen LogP contribution in [0.25, 0.3) is 6.08 Å². The number of rotatable bonds is 4. The lowest BCUT2D eigenvalue weighted by Gasteiger charge is -2.24. The van der Waals surface area contributed by atoms with Gasteiger partial charge in [0.05, 0.1) is 23.8 Å². The number of aromatic hydroxyl groups is 1. The van der Waals surface area contributed by atoms with Gasteiger partial charge in [-0.1, -0.05) is 48.5 Å². The van der Waals surface area contributed by atoms with Crippen LogP contribution in [-0.4, -0.2) is 21.1 Å². The molecule has 1 saturated heterocycles. The van der Waals surface area contributed by atoms with Gasteiger partial charge in [0.2, 0.25) is 0 Å². The number of amidine groups is 1. The first kappa shape index (κ1) is 22.3. The van der Waals surface area contributed by atoms with Crippen molar-refractivity contribution in [2.24, 2.45) is 4.99 Å². The van der Waals surface area contributed by atoms with Crippen molar-refractivity contribution in [3.05, 3.63) is 96.0 Å². The fourth-order valence-electron chi connectivity index (χ4n) is 3.22. The van der Waals surface area contributed by atoms with Crippen LogP contribution in [0.2, 0.25) is 0 Å². The Morgan fingerprint density at radius 3 is 2.19 bits per heavy atom.